The van der Waals surface area contributed by atoms with Crippen molar-refractivity contribution in [2.45, 2.75) is 123 Å². The van der Waals surface area contributed by atoms with Gasteiger partial charge in [0.05, 0.1) is 24.9 Å². The van der Waals surface area contributed by atoms with E-state index in [1.54, 1.807) is 18.2 Å². The molecule has 57 heavy (non-hydrogen) atoms. The van der Waals surface area contributed by atoms with Gasteiger partial charge in [-0.2, -0.15) is 0 Å². The zero-order valence-electron chi connectivity index (χ0n) is 33.7. The number of ether oxygens (including phenoxy) is 3. The number of nitrogens with one attached hydrogen (secondary N) is 3. The van der Waals surface area contributed by atoms with E-state index in [9.17, 15) is 24.3 Å². The van der Waals surface area contributed by atoms with E-state index in [4.69, 9.17) is 35.8 Å². The summed E-state index contributed by atoms with van der Waals surface area (Å²) in [6, 6.07) is 3.30. The summed E-state index contributed by atoms with van der Waals surface area (Å²) in [7, 11) is 1.52. The summed E-state index contributed by atoms with van der Waals surface area (Å²) >= 11 is 8.36. The van der Waals surface area contributed by atoms with Gasteiger partial charge in [-0.05, 0) is 81.8 Å². The van der Waals surface area contributed by atoms with Crippen LogP contribution >= 0.6 is 22.9 Å². The summed E-state index contributed by atoms with van der Waals surface area (Å²) in [5, 5.41) is 20.8. The molecule has 4 N–H and O–H groups in total. The first kappa shape index (κ1) is 40.8. The Bertz CT molecular complexity index is 2080. The number of rotatable bonds is 13. The van der Waals surface area contributed by atoms with Gasteiger partial charge in [0.15, 0.2) is 5.13 Å². The topological polar surface area (TPSA) is 181 Å². The van der Waals surface area contributed by atoms with Gasteiger partial charge in [-0.15, -0.1) is 11.3 Å². The molecule has 3 aromatic rings. The molecular weight excluding hydrogens is 772 g/mol. The number of anilines is 1. The van der Waals surface area contributed by atoms with Gasteiger partial charge in [0.2, 0.25) is 11.8 Å². The number of hydrogen-bond donors (Lipinski definition) is 4. The molecule has 1 saturated heterocycles. The van der Waals surface area contributed by atoms with Crippen molar-refractivity contribution >= 4 is 62.8 Å². The number of nitrogens with zero attached hydrogens (tertiary/aromatic N) is 3. The Balaban J connectivity index is 1.21. The average molecular weight is 825 g/mol. The van der Waals surface area contributed by atoms with Crippen LogP contribution in [-0.2, 0) is 19.1 Å². The highest BCUT2D eigenvalue weighted by atomic mass is 35.5. The summed E-state index contributed by atoms with van der Waals surface area (Å²) in [6.45, 7) is 13.4. The van der Waals surface area contributed by atoms with Crippen molar-refractivity contribution in [1.29, 1.82) is 0 Å². The molecular formula is C41H53ClN6O8S. The van der Waals surface area contributed by atoms with Gasteiger partial charge in [0.1, 0.15) is 52.0 Å². The van der Waals surface area contributed by atoms with Gasteiger partial charge in [-0.1, -0.05) is 45.7 Å². The molecule has 7 rings (SSSR count). The molecule has 16 heteroatoms. The molecule has 4 aliphatic rings. The van der Waals surface area contributed by atoms with E-state index < -0.39 is 53.0 Å². The molecule has 3 saturated carbocycles. The normalized spacial score (nSPS) is 26.8. The van der Waals surface area contributed by atoms with Crippen molar-refractivity contribution < 1.29 is 38.5 Å². The molecule has 308 valence electrons. The third kappa shape index (κ3) is 8.19. The molecule has 8 atom stereocenters. The second kappa shape index (κ2) is 15.4. The average Bonchev–Trinajstić information content (AvgIpc) is 3.86. The Kier molecular flexibility index (Phi) is 11.0. The van der Waals surface area contributed by atoms with Crippen LogP contribution in [0.2, 0.25) is 5.02 Å². The number of pyridine rings is 1. The number of aryl methyl sites for hydroxylation is 1. The van der Waals surface area contributed by atoms with E-state index >= 15 is 0 Å². The first-order valence-corrected chi connectivity index (χ1v) is 21.0. The lowest BCUT2D eigenvalue weighted by Gasteiger charge is -2.35. The largest absolute Gasteiger partial charge is 0.495 e. The molecule has 4 fully saturated rings. The Labute approximate surface area is 341 Å². The lowest BCUT2D eigenvalue weighted by molar-refractivity contribution is -0.146. The van der Waals surface area contributed by atoms with Crippen LogP contribution < -0.4 is 25.4 Å². The quantitative estimate of drug-likeness (QED) is 0.142. The highest BCUT2D eigenvalue weighted by molar-refractivity contribution is 7.16. The summed E-state index contributed by atoms with van der Waals surface area (Å²) in [5.41, 5.74) is -0.610. The minimum Gasteiger partial charge on any atom is -0.495 e. The van der Waals surface area contributed by atoms with Crippen molar-refractivity contribution in [1.82, 2.24) is 25.5 Å². The Morgan fingerprint density at radius 1 is 1.07 bits per heavy atom. The predicted octanol–water partition coefficient (Wildman–Crippen LogP) is 6.81. The summed E-state index contributed by atoms with van der Waals surface area (Å²) < 4.78 is 18.0. The number of thiazole rings is 1. The zero-order chi connectivity index (χ0) is 41.1. The third-order valence-corrected chi connectivity index (χ3v) is 13.1. The number of amides is 3. The molecule has 1 aromatic carbocycles. The molecule has 0 spiro atoms. The van der Waals surface area contributed by atoms with E-state index in [2.05, 4.69) is 16.0 Å². The van der Waals surface area contributed by atoms with Crippen LogP contribution in [0.15, 0.2) is 18.2 Å². The maximum Gasteiger partial charge on any atom is 0.408 e. The van der Waals surface area contributed by atoms with Crippen LogP contribution in [0.3, 0.4) is 0 Å². The molecule has 14 nitrogen and oxygen atoms in total. The van der Waals surface area contributed by atoms with Crippen LogP contribution in [0.4, 0.5) is 9.93 Å². The lowest BCUT2D eigenvalue weighted by atomic mass is 9.85. The molecule has 3 amide bonds. The van der Waals surface area contributed by atoms with Gasteiger partial charge in [0.25, 0.3) is 0 Å². The van der Waals surface area contributed by atoms with Crippen molar-refractivity contribution in [3.05, 3.63) is 28.1 Å². The number of fused-ring (bicyclic) bond motifs is 2. The van der Waals surface area contributed by atoms with Gasteiger partial charge >= 0.3 is 12.1 Å². The molecule has 1 aliphatic heterocycles. The number of halogens is 1. The molecule has 0 radical (unpaired) electrons. The maximum absolute atomic E-state index is 14.7. The van der Waals surface area contributed by atoms with E-state index in [0.717, 1.165) is 22.9 Å². The molecule has 3 aliphatic carbocycles. The Morgan fingerprint density at radius 3 is 2.40 bits per heavy atom. The van der Waals surface area contributed by atoms with E-state index in [0.29, 0.717) is 58.5 Å². The SMILES string of the molecule is CC[C@@H]1C[C@]1(NC(=O)[C@@H]1C[C@@H](Oc2cc(-c3nc(NC(C)C)sc3C)nc3c(Cl)c(OC)ccc23)CN1C(=O)[C@@H](NC(=O)O[C@@H]1C[C@@H]2C[C@@H]2C1)C(C)(C)C)C(=O)O. The third-order valence-electron chi connectivity index (χ3n) is 11.8. The predicted molar refractivity (Wildman–Crippen MR) is 217 cm³/mol. The fourth-order valence-corrected chi connectivity index (χ4v) is 9.80. The number of aromatic nitrogens is 2. The number of carbonyl (C=O) groups excluding carboxylic acids is 3. The van der Waals surface area contributed by atoms with E-state index in [1.165, 1.54) is 29.8 Å². The van der Waals surface area contributed by atoms with Gasteiger partial charge in [0, 0.05) is 28.8 Å². The fraction of sp³-hybridized carbons (Fsp3) is 0.610. The van der Waals surface area contributed by atoms with Crippen LogP contribution in [0, 0.1) is 30.1 Å². The second-order valence-electron chi connectivity index (χ2n) is 17.5. The summed E-state index contributed by atoms with van der Waals surface area (Å²) in [5.74, 6) is -0.393. The summed E-state index contributed by atoms with van der Waals surface area (Å²) in [6.07, 6.45) is 2.16. The van der Waals surface area contributed by atoms with E-state index in [-0.39, 0.29) is 36.1 Å². The number of carboxylic acid groups (broad SMARTS) is 1. The number of likely N-dealkylation sites (tertiary alicyclic amines) is 1. The number of aliphatic carboxylic acids is 1. The minimum atomic E-state index is -1.41. The Hall–Kier alpha value is -4.37. The molecule has 0 bridgehead atoms. The minimum absolute atomic E-state index is 0.0231. The number of alkyl carbamates (subject to hydrolysis) is 1. The molecule has 3 heterocycles. The maximum atomic E-state index is 14.7. The number of carboxylic acids is 1. The second-order valence-corrected chi connectivity index (χ2v) is 19.0. The van der Waals surface area contributed by atoms with Crippen LogP contribution in [-0.4, -0.2) is 93.4 Å². The molecule has 0 unspecified atom stereocenters. The highest BCUT2D eigenvalue weighted by Crippen LogP contribution is 2.52. The monoisotopic (exact) mass is 824 g/mol. The lowest BCUT2D eigenvalue weighted by Crippen LogP contribution is -2.59. The molecule has 2 aromatic heterocycles. The summed E-state index contributed by atoms with van der Waals surface area (Å²) in [4.78, 5) is 66.8. The first-order chi connectivity index (χ1) is 26.9. The highest BCUT2D eigenvalue weighted by Gasteiger charge is 2.61. The van der Waals surface area contributed by atoms with Crippen LogP contribution in [0.25, 0.3) is 22.3 Å². The number of methoxy groups -OCH3 is 1. The first-order valence-electron chi connectivity index (χ1n) is 19.8. The number of benzene rings is 1. The van der Waals surface area contributed by atoms with Gasteiger partial charge < -0.3 is 40.2 Å². The number of hydrogen-bond acceptors (Lipinski definition) is 11. The Morgan fingerprint density at radius 2 is 1.79 bits per heavy atom. The van der Waals surface area contributed by atoms with Crippen molar-refractivity contribution in [2.24, 2.45) is 23.2 Å². The van der Waals surface area contributed by atoms with Crippen molar-refractivity contribution in [3.63, 3.8) is 0 Å². The van der Waals surface area contributed by atoms with E-state index in [1.807, 2.05) is 48.5 Å². The fourth-order valence-electron chi connectivity index (χ4n) is 8.55. The van der Waals surface area contributed by atoms with Gasteiger partial charge in [-0.3, -0.25) is 9.59 Å². The smallest absolute Gasteiger partial charge is 0.408 e. The number of carbonyl (C=O) groups is 4. The van der Waals surface area contributed by atoms with Crippen molar-refractivity contribution in [2.75, 3.05) is 19.0 Å². The zero-order valence-corrected chi connectivity index (χ0v) is 35.3. The van der Waals surface area contributed by atoms with Gasteiger partial charge in [-0.25, -0.2) is 19.6 Å². The van der Waals surface area contributed by atoms with Crippen LogP contribution in [0.5, 0.6) is 11.5 Å². The van der Waals surface area contributed by atoms with Crippen LogP contribution in [0.1, 0.15) is 84.9 Å². The van der Waals surface area contributed by atoms with Crippen molar-refractivity contribution in [3.8, 4) is 22.9 Å². The standard InChI is InChI=1S/C41H53ClN6O8S/c1-9-23-17-41(23,37(51)52)47-35(49)28-15-25(18-48(28)36(50)34(40(5,6)7)46-39(53)56-24-13-21-12-22(21)14-24)55-30-16-27(32-20(4)57-38(45-32)43-19(2)3)44-33-26(30)10-11-29(54-8)31(33)42/h10-11,16,19,21-25,28,34H,9,12-15,17-18H2,1-8H3,(H,43,45)(H,46,53)(H,47,49)(H,51,52)/t21-,22+,23-,24+,25-,28+,34-,41-/m1/s1.